The molecule has 14 heavy (non-hydrogen) atoms. The molecular weight excluding hydrogens is 178 g/mol. The Bertz CT molecular complexity index is 140. The summed E-state index contributed by atoms with van der Waals surface area (Å²) in [5.74, 6) is -0.102. The minimum absolute atomic E-state index is 0.102. The van der Waals surface area contributed by atoms with Crippen molar-refractivity contribution in [3.05, 3.63) is 0 Å². The molecule has 1 atom stereocenters. The van der Waals surface area contributed by atoms with Crippen molar-refractivity contribution in [1.29, 1.82) is 0 Å². The molecule has 0 radical (unpaired) electrons. The van der Waals surface area contributed by atoms with E-state index in [1.807, 2.05) is 6.92 Å². The van der Waals surface area contributed by atoms with Crippen LogP contribution in [0.2, 0.25) is 0 Å². The van der Waals surface area contributed by atoms with Crippen LogP contribution >= 0.6 is 0 Å². The molecule has 0 aromatic heterocycles. The van der Waals surface area contributed by atoms with Crippen LogP contribution in [0.25, 0.3) is 0 Å². The van der Waals surface area contributed by atoms with E-state index in [4.69, 9.17) is 4.74 Å². The second kappa shape index (κ2) is 9.00. The number of ether oxygens (including phenoxy) is 1. The first kappa shape index (κ1) is 13.4. The summed E-state index contributed by atoms with van der Waals surface area (Å²) in [6, 6.07) is -0.102. The van der Waals surface area contributed by atoms with E-state index in [0.29, 0.717) is 6.61 Å². The summed E-state index contributed by atoms with van der Waals surface area (Å²) in [5.41, 5.74) is 0. The third-order valence-corrected chi connectivity index (χ3v) is 2.06. The van der Waals surface area contributed by atoms with Gasteiger partial charge in [0, 0.05) is 0 Å². The van der Waals surface area contributed by atoms with Gasteiger partial charge in [0.05, 0.1) is 6.61 Å². The van der Waals surface area contributed by atoms with Crippen molar-refractivity contribution in [2.75, 3.05) is 13.2 Å². The van der Waals surface area contributed by atoms with Gasteiger partial charge in [-0.25, -0.2) is 0 Å². The minimum Gasteiger partial charge on any atom is -0.465 e. The van der Waals surface area contributed by atoms with Crippen molar-refractivity contribution in [1.82, 2.24) is 5.32 Å². The van der Waals surface area contributed by atoms with E-state index in [2.05, 4.69) is 19.2 Å². The average Bonchev–Trinajstić information content (AvgIpc) is 2.18. The Morgan fingerprint density at radius 1 is 1.29 bits per heavy atom. The zero-order valence-electron chi connectivity index (χ0n) is 9.64. The summed E-state index contributed by atoms with van der Waals surface area (Å²) >= 11 is 0. The summed E-state index contributed by atoms with van der Waals surface area (Å²) in [6.45, 7) is 7.41. The second-order valence-electron chi connectivity index (χ2n) is 3.40. The van der Waals surface area contributed by atoms with Crippen molar-refractivity contribution in [3.8, 4) is 0 Å². The van der Waals surface area contributed by atoms with Gasteiger partial charge in [-0.1, -0.05) is 26.7 Å². The summed E-state index contributed by atoms with van der Waals surface area (Å²) in [7, 11) is 0. The predicted octanol–water partition coefficient (Wildman–Crippen LogP) is 2.11. The van der Waals surface area contributed by atoms with Crippen LogP contribution in [-0.4, -0.2) is 25.2 Å². The summed E-state index contributed by atoms with van der Waals surface area (Å²) in [4.78, 5) is 11.5. The lowest BCUT2D eigenvalue weighted by Gasteiger charge is -2.16. The summed E-state index contributed by atoms with van der Waals surface area (Å²) in [6.07, 6.45) is 4.11. The molecule has 3 nitrogen and oxygen atoms in total. The molecule has 0 bridgehead atoms. The maximum absolute atomic E-state index is 11.5. The van der Waals surface area contributed by atoms with E-state index in [0.717, 1.165) is 32.2 Å². The SMILES string of the molecule is CCCCC(NCCC)C(=O)OCC. The molecule has 0 saturated carbocycles. The van der Waals surface area contributed by atoms with Gasteiger partial charge in [-0.15, -0.1) is 0 Å². The molecule has 0 saturated heterocycles. The van der Waals surface area contributed by atoms with Gasteiger partial charge in [-0.2, -0.15) is 0 Å². The number of rotatable bonds is 8. The topological polar surface area (TPSA) is 38.3 Å². The average molecular weight is 201 g/mol. The molecular formula is C11H23NO2. The highest BCUT2D eigenvalue weighted by atomic mass is 16.5. The molecule has 0 fully saturated rings. The molecule has 0 spiro atoms. The molecule has 0 aromatic carbocycles. The standard InChI is InChI=1S/C11H23NO2/c1-4-7-8-10(12-9-5-2)11(13)14-6-3/h10,12H,4-9H2,1-3H3. The zero-order valence-corrected chi connectivity index (χ0v) is 9.64. The Hall–Kier alpha value is -0.570. The van der Waals surface area contributed by atoms with Crippen LogP contribution in [0.5, 0.6) is 0 Å². The Balaban J connectivity index is 3.88. The number of hydrogen-bond acceptors (Lipinski definition) is 3. The first-order valence-electron chi connectivity index (χ1n) is 5.66. The smallest absolute Gasteiger partial charge is 0.323 e. The lowest BCUT2D eigenvalue weighted by molar-refractivity contribution is -0.145. The van der Waals surface area contributed by atoms with Crippen LogP contribution < -0.4 is 5.32 Å². The summed E-state index contributed by atoms with van der Waals surface area (Å²) < 4.78 is 5.00. The number of carbonyl (C=O) groups is 1. The minimum atomic E-state index is -0.102. The number of esters is 1. The van der Waals surface area contributed by atoms with Crippen molar-refractivity contribution in [2.45, 2.75) is 52.5 Å². The van der Waals surface area contributed by atoms with E-state index in [1.54, 1.807) is 0 Å². The largest absolute Gasteiger partial charge is 0.465 e. The number of hydrogen-bond donors (Lipinski definition) is 1. The van der Waals surface area contributed by atoms with Gasteiger partial charge in [-0.05, 0) is 26.3 Å². The van der Waals surface area contributed by atoms with Gasteiger partial charge >= 0.3 is 5.97 Å². The van der Waals surface area contributed by atoms with E-state index >= 15 is 0 Å². The zero-order chi connectivity index (χ0) is 10.8. The predicted molar refractivity (Wildman–Crippen MR) is 58.2 cm³/mol. The lowest BCUT2D eigenvalue weighted by Crippen LogP contribution is -2.38. The molecule has 1 N–H and O–H groups in total. The lowest BCUT2D eigenvalue weighted by atomic mass is 10.1. The van der Waals surface area contributed by atoms with Crippen LogP contribution in [0, 0.1) is 0 Å². The first-order chi connectivity index (χ1) is 6.76. The van der Waals surface area contributed by atoms with Crippen LogP contribution in [0.4, 0.5) is 0 Å². The van der Waals surface area contributed by atoms with Crippen LogP contribution in [0.15, 0.2) is 0 Å². The van der Waals surface area contributed by atoms with E-state index in [9.17, 15) is 4.79 Å². The number of carbonyl (C=O) groups excluding carboxylic acids is 1. The molecule has 84 valence electrons. The fourth-order valence-corrected chi connectivity index (χ4v) is 1.27. The second-order valence-corrected chi connectivity index (χ2v) is 3.40. The van der Waals surface area contributed by atoms with Crippen LogP contribution in [0.3, 0.4) is 0 Å². The Labute approximate surface area is 87.2 Å². The molecule has 0 heterocycles. The number of nitrogens with one attached hydrogen (secondary N) is 1. The van der Waals surface area contributed by atoms with Gasteiger partial charge in [-0.3, -0.25) is 4.79 Å². The highest BCUT2D eigenvalue weighted by Crippen LogP contribution is 2.02. The van der Waals surface area contributed by atoms with Gasteiger partial charge in [0.1, 0.15) is 6.04 Å². The first-order valence-corrected chi connectivity index (χ1v) is 5.66. The quantitative estimate of drug-likeness (QED) is 0.611. The molecule has 0 amide bonds. The van der Waals surface area contributed by atoms with Gasteiger partial charge in [0.25, 0.3) is 0 Å². The summed E-state index contributed by atoms with van der Waals surface area (Å²) in [5, 5.41) is 3.21. The van der Waals surface area contributed by atoms with Crippen LogP contribution in [-0.2, 0) is 9.53 Å². The fourth-order valence-electron chi connectivity index (χ4n) is 1.27. The fraction of sp³-hybridized carbons (Fsp3) is 0.909. The van der Waals surface area contributed by atoms with Crippen molar-refractivity contribution < 1.29 is 9.53 Å². The molecule has 0 aliphatic carbocycles. The van der Waals surface area contributed by atoms with E-state index < -0.39 is 0 Å². The molecule has 0 aliphatic heterocycles. The van der Waals surface area contributed by atoms with Crippen molar-refractivity contribution in [2.24, 2.45) is 0 Å². The third-order valence-electron chi connectivity index (χ3n) is 2.06. The van der Waals surface area contributed by atoms with Crippen LogP contribution in [0.1, 0.15) is 46.5 Å². The number of unbranched alkanes of at least 4 members (excludes halogenated alkanes) is 1. The van der Waals surface area contributed by atoms with Gasteiger partial charge in [0.15, 0.2) is 0 Å². The maximum Gasteiger partial charge on any atom is 0.323 e. The Morgan fingerprint density at radius 3 is 2.50 bits per heavy atom. The molecule has 1 unspecified atom stereocenters. The highest BCUT2D eigenvalue weighted by Gasteiger charge is 2.17. The third kappa shape index (κ3) is 5.97. The molecule has 3 heteroatoms. The molecule has 0 rings (SSSR count). The normalized spacial score (nSPS) is 12.5. The van der Waals surface area contributed by atoms with Crippen molar-refractivity contribution in [3.63, 3.8) is 0 Å². The molecule has 0 aromatic rings. The van der Waals surface area contributed by atoms with E-state index in [-0.39, 0.29) is 12.0 Å². The Morgan fingerprint density at radius 2 is 2.00 bits per heavy atom. The van der Waals surface area contributed by atoms with Gasteiger partial charge in [0.2, 0.25) is 0 Å². The molecule has 0 aliphatic rings. The van der Waals surface area contributed by atoms with Crippen molar-refractivity contribution >= 4 is 5.97 Å². The monoisotopic (exact) mass is 201 g/mol. The maximum atomic E-state index is 11.5. The highest BCUT2D eigenvalue weighted by molar-refractivity contribution is 5.75. The van der Waals surface area contributed by atoms with E-state index in [1.165, 1.54) is 0 Å². The Kier molecular flexibility index (Phi) is 8.64. The van der Waals surface area contributed by atoms with Gasteiger partial charge < -0.3 is 10.1 Å².